The molecule has 19 heavy (non-hydrogen) atoms. The molecule has 0 spiro atoms. The third kappa shape index (κ3) is 3.19. The molecule has 6 heteroatoms. The summed E-state index contributed by atoms with van der Waals surface area (Å²) < 4.78 is 26.5. The Morgan fingerprint density at radius 2 is 2.16 bits per heavy atom. The minimum absolute atomic E-state index is 0.125. The van der Waals surface area contributed by atoms with Crippen LogP contribution in [0, 0.1) is 0 Å². The maximum absolute atomic E-state index is 12.5. The molecule has 0 amide bonds. The summed E-state index contributed by atoms with van der Waals surface area (Å²) in [4.78, 5) is 11.5. The molecule has 0 saturated carbocycles. The van der Waals surface area contributed by atoms with Gasteiger partial charge < -0.3 is 0 Å². The normalized spacial score (nSPS) is 21.3. The van der Waals surface area contributed by atoms with E-state index in [4.69, 9.17) is 0 Å². The molecule has 1 aliphatic rings. The third-order valence-corrected chi connectivity index (χ3v) is 6.08. The lowest BCUT2D eigenvalue weighted by Crippen LogP contribution is -2.40. The first-order chi connectivity index (χ1) is 8.91. The van der Waals surface area contributed by atoms with Crippen molar-refractivity contribution in [1.82, 2.24) is 4.31 Å². The Morgan fingerprint density at radius 1 is 1.42 bits per heavy atom. The SMILES string of the molecule is CC(=O)c1cccc(S(=O)(=O)N2CCSC(C)C2)c1. The summed E-state index contributed by atoms with van der Waals surface area (Å²) in [7, 11) is -3.48. The second kappa shape index (κ2) is 5.64. The van der Waals surface area contributed by atoms with Crippen molar-refractivity contribution in [2.24, 2.45) is 0 Å². The molecule has 1 fully saturated rings. The van der Waals surface area contributed by atoms with Gasteiger partial charge in [0.05, 0.1) is 4.90 Å². The van der Waals surface area contributed by atoms with E-state index in [0.29, 0.717) is 23.9 Å². The predicted molar refractivity (Wildman–Crippen MR) is 77.1 cm³/mol. The first-order valence-corrected chi connectivity index (χ1v) is 8.63. The Kier molecular flexibility index (Phi) is 4.32. The Bertz CT molecular complexity index is 583. The lowest BCUT2D eigenvalue weighted by molar-refractivity contribution is 0.101. The summed E-state index contributed by atoms with van der Waals surface area (Å²) in [5, 5.41) is 0.305. The van der Waals surface area contributed by atoms with E-state index < -0.39 is 10.0 Å². The van der Waals surface area contributed by atoms with Crippen LogP contribution in [0.5, 0.6) is 0 Å². The Balaban J connectivity index is 2.33. The molecule has 1 aromatic rings. The van der Waals surface area contributed by atoms with Crippen LogP contribution in [0.1, 0.15) is 24.2 Å². The number of hydrogen-bond donors (Lipinski definition) is 0. The van der Waals surface area contributed by atoms with Crippen LogP contribution < -0.4 is 0 Å². The number of nitrogens with zero attached hydrogens (tertiary/aromatic N) is 1. The van der Waals surface area contributed by atoms with Crippen LogP contribution in [-0.2, 0) is 10.0 Å². The van der Waals surface area contributed by atoms with Gasteiger partial charge in [-0.25, -0.2) is 8.42 Å². The Labute approximate surface area is 118 Å². The van der Waals surface area contributed by atoms with E-state index in [1.165, 1.54) is 17.3 Å². The van der Waals surface area contributed by atoms with E-state index in [-0.39, 0.29) is 10.7 Å². The lowest BCUT2D eigenvalue weighted by Gasteiger charge is -2.29. The number of benzene rings is 1. The summed E-state index contributed by atoms with van der Waals surface area (Å²) in [6.45, 7) is 4.52. The van der Waals surface area contributed by atoms with E-state index in [1.54, 1.807) is 30.0 Å². The molecule has 1 aliphatic heterocycles. The summed E-state index contributed by atoms with van der Waals surface area (Å²) in [6.07, 6.45) is 0. The van der Waals surface area contributed by atoms with Gasteiger partial charge in [0.25, 0.3) is 0 Å². The minimum atomic E-state index is -3.48. The largest absolute Gasteiger partial charge is 0.295 e. The van der Waals surface area contributed by atoms with Gasteiger partial charge in [0.1, 0.15) is 0 Å². The highest BCUT2D eigenvalue weighted by Crippen LogP contribution is 2.24. The summed E-state index contributed by atoms with van der Waals surface area (Å²) >= 11 is 1.78. The molecular weight excluding hydrogens is 282 g/mol. The molecule has 0 radical (unpaired) electrons. The quantitative estimate of drug-likeness (QED) is 0.801. The average Bonchev–Trinajstić information content (AvgIpc) is 2.39. The summed E-state index contributed by atoms with van der Waals surface area (Å²) in [6, 6.07) is 6.26. The first-order valence-electron chi connectivity index (χ1n) is 6.14. The van der Waals surface area contributed by atoms with Gasteiger partial charge >= 0.3 is 0 Å². The fraction of sp³-hybridized carbons (Fsp3) is 0.462. The average molecular weight is 299 g/mol. The molecule has 0 N–H and O–H groups in total. The van der Waals surface area contributed by atoms with Crippen LogP contribution in [0.4, 0.5) is 0 Å². The standard InChI is InChI=1S/C13H17NO3S2/c1-10-9-14(6-7-18-10)19(16,17)13-5-3-4-12(8-13)11(2)15/h3-5,8,10H,6-7,9H2,1-2H3. The van der Waals surface area contributed by atoms with Gasteiger partial charge in [0, 0.05) is 29.7 Å². The van der Waals surface area contributed by atoms with Crippen LogP contribution in [0.25, 0.3) is 0 Å². The molecule has 1 saturated heterocycles. The maximum Gasteiger partial charge on any atom is 0.243 e. The Morgan fingerprint density at radius 3 is 2.79 bits per heavy atom. The molecule has 0 aromatic heterocycles. The van der Waals surface area contributed by atoms with Crippen LogP contribution in [0.15, 0.2) is 29.2 Å². The Hall–Kier alpha value is -0.850. The van der Waals surface area contributed by atoms with Crippen molar-refractivity contribution in [1.29, 1.82) is 0 Å². The van der Waals surface area contributed by atoms with Crippen LogP contribution in [0.3, 0.4) is 0 Å². The van der Waals surface area contributed by atoms with Crippen molar-refractivity contribution in [3.63, 3.8) is 0 Å². The van der Waals surface area contributed by atoms with Gasteiger partial charge in [-0.3, -0.25) is 4.79 Å². The second-order valence-electron chi connectivity index (χ2n) is 4.63. The van der Waals surface area contributed by atoms with Crippen LogP contribution in [0.2, 0.25) is 0 Å². The van der Waals surface area contributed by atoms with Crippen molar-refractivity contribution in [2.75, 3.05) is 18.8 Å². The molecule has 0 bridgehead atoms. The van der Waals surface area contributed by atoms with Crippen molar-refractivity contribution >= 4 is 27.6 Å². The highest BCUT2D eigenvalue weighted by molar-refractivity contribution is 8.00. The van der Waals surface area contributed by atoms with Gasteiger partial charge in [-0.15, -0.1) is 0 Å². The number of hydrogen-bond acceptors (Lipinski definition) is 4. The molecular formula is C13H17NO3S2. The van der Waals surface area contributed by atoms with E-state index >= 15 is 0 Å². The zero-order valence-corrected chi connectivity index (χ0v) is 12.6. The highest BCUT2D eigenvalue weighted by Gasteiger charge is 2.29. The molecule has 0 aliphatic carbocycles. The molecule has 1 heterocycles. The monoisotopic (exact) mass is 299 g/mol. The number of ketones is 1. The number of carbonyl (C=O) groups is 1. The van der Waals surface area contributed by atoms with Gasteiger partial charge in [-0.2, -0.15) is 16.1 Å². The van der Waals surface area contributed by atoms with Crippen molar-refractivity contribution in [3.05, 3.63) is 29.8 Å². The van der Waals surface area contributed by atoms with Gasteiger partial charge in [0.15, 0.2) is 5.78 Å². The maximum atomic E-state index is 12.5. The topological polar surface area (TPSA) is 54.5 Å². The number of rotatable bonds is 3. The van der Waals surface area contributed by atoms with E-state index in [2.05, 4.69) is 0 Å². The van der Waals surface area contributed by atoms with Crippen LogP contribution in [-0.4, -0.2) is 42.6 Å². The number of sulfonamides is 1. The molecule has 4 nitrogen and oxygen atoms in total. The number of carbonyl (C=O) groups excluding carboxylic acids is 1. The third-order valence-electron chi connectivity index (χ3n) is 3.08. The molecule has 1 aromatic carbocycles. The fourth-order valence-corrected chi connectivity index (χ4v) is 4.83. The fourth-order valence-electron chi connectivity index (χ4n) is 2.03. The van der Waals surface area contributed by atoms with Crippen molar-refractivity contribution in [2.45, 2.75) is 24.0 Å². The lowest BCUT2D eigenvalue weighted by atomic mass is 10.2. The molecule has 1 atom stereocenters. The zero-order valence-electron chi connectivity index (χ0n) is 11.0. The van der Waals surface area contributed by atoms with Gasteiger partial charge in [-0.05, 0) is 19.1 Å². The van der Waals surface area contributed by atoms with E-state index in [1.807, 2.05) is 6.92 Å². The van der Waals surface area contributed by atoms with Crippen molar-refractivity contribution < 1.29 is 13.2 Å². The van der Waals surface area contributed by atoms with E-state index in [0.717, 1.165) is 5.75 Å². The van der Waals surface area contributed by atoms with Crippen LogP contribution >= 0.6 is 11.8 Å². The zero-order chi connectivity index (χ0) is 14.0. The molecule has 1 unspecified atom stereocenters. The predicted octanol–water partition coefficient (Wildman–Crippen LogP) is 2.02. The second-order valence-corrected chi connectivity index (χ2v) is 8.11. The number of Topliss-reactive ketones (excluding diaryl/α,β-unsaturated/α-hetero) is 1. The summed E-state index contributed by atoms with van der Waals surface area (Å²) in [5.41, 5.74) is 0.431. The minimum Gasteiger partial charge on any atom is -0.295 e. The van der Waals surface area contributed by atoms with E-state index in [9.17, 15) is 13.2 Å². The van der Waals surface area contributed by atoms with Gasteiger partial charge in [0.2, 0.25) is 10.0 Å². The smallest absolute Gasteiger partial charge is 0.243 e. The van der Waals surface area contributed by atoms with Crippen molar-refractivity contribution in [3.8, 4) is 0 Å². The highest BCUT2D eigenvalue weighted by atomic mass is 32.2. The first kappa shape index (κ1) is 14.6. The molecule has 104 valence electrons. The number of thioether (sulfide) groups is 1. The molecule has 2 rings (SSSR count). The van der Waals surface area contributed by atoms with Gasteiger partial charge in [-0.1, -0.05) is 19.1 Å². The summed E-state index contributed by atoms with van der Waals surface area (Å²) in [5.74, 6) is 0.687.